The van der Waals surface area contributed by atoms with E-state index in [1.807, 2.05) is 41.4 Å². The van der Waals surface area contributed by atoms with Gasteiger partial charge in [-0.1, -0.05) is 29.8 Å². The number of anilines is 3. The summed E-state index contributed by atoms with van der Waals surface area (Å²) in [6.45, 7) is 0.500. The van der Waals surface area contributed by atoms with Crippen LogP contribution in [-0.2, 0) is 6.54 Å². The van der Waals surface area contributed by atoms with Crippen LogP contribution in [0.4, 0.5) is 26.1 Å². The number of fused-ring (bicyclic) bond motifs is 1. The third-order valence-corrected chi connectivity index (χ3v) is 5.83. The molecule has 148 valence electrons. The maximum absolute atomic E-state index is 13.8. The summed E-state index contributed by atoms with van der Waals surface area (Å²) in [4.78, 5) is 11.2. The van der Waals surface area contributed by atoms with Crippen molar-refractivity contribution in [3.8, 4) is 0 Å². The second-order valence-corrected chi connectivity index (χ2v) is 8.10. The first kappa shape index (κ1) is 17.9. The van der Waals surface area contributed by atoms with E-state index >= 15 is 0 Å². The zero-order valence-corrected chi connectivity index (χ0v) is 16.3. The van der Waals surface area contributed by atoms with Crippen molar-refractivity contribution in [2.75, 3.05) is 35.5 Å². The van der Waals surface area contributed by atoms with Crippen molar-refractivity contribution in [2.45, 2.75) is 37.6 Å². The van der Waals surface area contributed by atoms with E-state index in [-0.39, 0.29) is 19.5 Å². The summed E-state index contributed by atoms with van der Waals surface area (Å²) in [5.41, 5.74) is 4.89. The molecule has 9 heteroatoms. The number of halogens is 3. The van der Waals surface area contributed by atoms with Gasteiger partial charge in [0.2, 0.25) is 0 Å². The highest BCUT2D eigenvalue weighted by Crippen LogP contribution is 2.46. The minimum atomic E-state index is -2.68. The average molecular weight is 407 g/mol. The fourth-order valence-electron chi connectivity index (χ4n) is 3.74. The summed E-state index contributed by atoms with van der Waals surface area (Å²) in [5, 5.41) is 4.47. The molecule has 1 aromatic heterocycles. The molecule has 1 saturated heterocycles. The van der Waals surface area contributed by atoms with Crippen LogP contribution >= 0.6 is 11.6 Å². The standard InChI is InChI=1S/C19H21ClF2N6/c1-26-25-15-17(27-9-8-19(21,22)11-27)23-16(12-6-7-12)24-18(15)28(26)10-13-4-2-3-5-14(13)20/h2-5,12,25H,6-11H2,1H3. The number of hydrazine groups is 2. The highest BCUT2D eigenvalue weighted by atomic mass is 35.5. The van der Waals surface area contributed by atoms with Gasteiger partial charge >= 0.3 is 0 Å². The molecule has 0 bridgehead atoms. The second kappa shape index (κ2) is 6.42. The Morgan fingerprint density at radius 2 is 1.96 bits per heavy atom. The van der Waals surface area contributed by atoms with Crippen LogP contribution in [-0.4, -0.2) is 41.1 Å². The normalized spacial score (nSPS) is 21.1. The van der Waals surface area contributed by atoms with E-state index in [0.717, 1.165) is 24.2 Å². The first-order chi connectivity index (χ1) is 13.4. The van der Waals surface area contributed by atoms with E-state index in [0.29, 0.717) is 34.8 Å². The molecule has 0 unspecified atom stereocenters. The molecule has 1 N–H and O–H groups in total. The summed E-state index contributed by atoms with van der Waals surface area (Å²) in [6.07, 6.45) is 1.94. The lowest BCUT2D eigenvalue weighted by Gasteiger charge is -2.25. The molecule has 1 aliphatic carbocycles. The lowest BCUT2D eigenvalue weighted by Crippen LogP contribution is -2.38. The molecule has 0 amide bonds. The maximum atomic E-state index is 13.8. The zero-order chi connectivity index (χ0) is 19.5. The Morgan fingerprint density at radius 3 is 2.64 bits per heavy atom. The summed E-state index contributed by atoms with van der Waals surface area (Å²) in [6, 6.07) is 7.66. The van der Waals surface area contributed by atoms with Gasteiger partial charge in [0, 0.05) is 31.0 Å². The Hall–Kier alpha value is -2.19. The summed E-state index contributed by atoms with van der Waals surface area (Å²) < 4.78 is 27.7. The molecule has 0 atom stereocenters. The molecular weight excluding hydrogens is 386 g/mol. The van der Waals surface area contributed by atoms with Gasteiger partial charge in [-0.05, 0) is 24.5 Å². The lowest BCUT2D eigenvalue weighted by atomic mass is 10.2. The van der Waals surface area contributed by atoms with Crippen LogP contribution in [0.15, 0.2) is 24.3 Å². The molecule has 0 radical (unpaired) electrons. The number of hydrogen-bond donors (Lipinski definition) is 1. The molecule has 2 aliphatic heterocycles. The third kappa shape index (κ3) is 3.14. The van der Waals surface area contributed by atoms with Crippen LogP contribution in [0.25, 0.3) is 0 Å². The molecule has 5 rings (SSSR count). The van der Waals surface area contributed by atoms with Gasteiger partial charge in [0.15, 0.2) is 11.6 Å². The van der Waals surface area contributed by atoms with E-state index in [9.17, 15) is 8.78 Å². The number of aromatic nitrogens is 2. The minimum absolute atomic E-state index is 0.149. The van der Waals surface area contributed by atoms with Gasteiger partial charge in [0.25, 0.3) is 5.92 Å². The van der Waals surface area contributed by atoms with Crippen molar-refractivity contribution >= 4 is 28.9 Å². The van der Waals surface area contributed by atoms with E-state index in [4.69, 9.17) is 16.6 Å². The van der Waals surface area contributed by atoms with Gasteiger partial charge in [-0.2, -0.15) is 0 Å². The quantitative estimate of drug-likeness (QED) is 0.826. The Balaban J connectivity index is 1.54. The SMILES string of the molecule is CN1Nc2c(N3CCC(F)(F)C3)nc(C3CC3)nc2N1Cc1ccccc1Cl. The topological polar surface area (TPSA) is 47.5 Å². The van der Waals surface area contributed by atoms with Crippen molar-refractivity contribution in [3.05, 3.63) is 40.7 Å². The van der Waals surface area contributed by atoms with E-state index in [2.05, 4.69) is 10.4 Å². The summed E-state index contributed by atoms with van der Waals surface area (Å²) >= 11 is 6.35. The predicted octanol–water partition coefficient (Wildman–Crippen LogP) is 4.05. The number of nitrogens with one attached hydrogen (secondary N) is 1. The monoisotopic (exact) mass is 406 g/mol. The molecule has 0 spiro atoms. The summed E-state index contributed by atoms with van der Waals surface area (Å²) in [7, 11) is 1.87. The van der Waals surface area contributed by atoms with Crippen LogP contribution in [0.2, 0.25) is 5.02 Å². The molecule has 3 heterocycles. The lowest BCUT2D eigenvalue weighted by molar-refractivity contribution is 0.0257. The fourth-order valence-corrected chi connectivity index (χ4v) is 3.94. The molecule has 1 aromatic carbocycles. The fraction of sp³-hybridized carbons (Fsp3) is 0.474. The zero-order valence-electron chi connectivity index (χ0n) is 15.5. The van der Waals surface area contributed by atoms with E-state index in [1.54, 1.807) is 4.90 Å². The predicted molar refractivity (Wildman–Crippen MR) is 105 cm³/mol. The van der Waals surface area contributed by atoms with Gasteiger partial charge in [0.05, 0.1) is 13.1 Å². The van der Waals surface area contributed by atoms with Gasteiger partial charge < -0.3 is 4.90 Å². The molecule has 2 aromatic rings. The van der Waals surface area contributed by atoms with Crippen LogP contribution in [0.5, 0.6) is 0 Å². The number of alkyl halides is 2. The first-order valence-electron chi connectivity index (χ1n) is 9.47. The molecule has 6 nitrogen and oxygen atoms in total. The van der Waals surface area contributed by atoms with Crippen LogP contribution < -0.4 is 15.3 Å². The Labute approximate surface area is 167 Å². The molecule has 28 heavy (non-hydrogen) atoms. The van der Waals surface area contributed by atoms with E-state index in [1.165, 1.54) is 0 Å². The third-order valence-electron chi connectivity index (χ3n) is 5.46. The Kier molecular flexibility index (Phi) is 4.10. The maximum Gasteiger partial charge on any atom is 0.266 e. The van der Waals surface area contributed by atoms with Crippen molar-refractivity contribution in [1.29, 1.82) is 0 Å². The van der Waals surface area contributed by atoms with Gasteiger partial charge in [0.1, 0.15) is 11.5 Å². The van der Waals surface area contributed by atoms with Crippen LogP contribution in [0.1, 0.15) is 36.6 Å². The Morgan fingerprint density at radius 1 is 1.21 bits per heavy atom. The molecular formula is C19H21ClF2N6. The second-order valence-electron chi connectivity index (χ2n) is 7.69. The van der Waals surface area contributed by atoms with Crippen LogP contribution in [0.3, 0.4) is 0 Å². The van der Waals surface area contributed by atoms with Crippen LogP contribution in [0, 0.1) is 0 Å². The van der Waals surface area contributed by atoms with E-state index < -0.39 is 5.92 Å². The number of hydrogen-bond acceptors (Lipinski definition) is 6. The van der Waals surface area contributed by atoms with Crippen molar-refractivity contribution in [1.82, 2.24) is 15.1 Å². The minimum Gasteiger partial charge on any atom is -0.348 e. The van der Waals surface area contributed by atoms with Crippen molar-refractivity contribution in [2.24, 2.45) is 0 Å². The van der Waals surface area contributed by atoms with Gasteiger partial charge in [-0.15, -0.1) is 5.12 Å². The Bertz CT molecular complexity index is 919. The molecule has 1 saturated carbocycles. The number of benzene rings is 1. The highest BCUT2D eigenvalue weighted by molar-refractivity contribution is 6.31. The summed E-state index contributed by atoms with van der Waals surface area (Å²) in [5.74, 6) is -0.341. The average Bonchev–Trinajstić information content (AvgIpc) is 3.38. The van der Waals surface area contributed by atoms with Gasteiger partial charge in [-0.3, -0.25) is 10.4 Å². The molecule has 3 aliphatic rings. The van der Waals surface area contributed by atoms with Gasteiger partial charge in [-0.25, -0.2) is 18.7 Å². The number of rotatable bonds is 4. The van der Waals surface area contributed by atoms with Crippen molar-refractivity contribution in [3.63, 3.8) is 0 Å². The first-order valence-corrected chi connectivity index (χ1v) is 9.85. The highest BCUT2D eigenvalue weighted by Gasteiger charge is 2.42. The smallest absolute Gasteiger partial charge is 0.266 e. The van der Waals surface area contributed by atoms with Crippen molar-refractivity contribution < 1.29 is 8.78 Å². The largest absolute Gasteiger partial charge is 0.348 e. The number of nitrogens with zero attached hydrogens (tertiary/aromatic N) is 5. The molecule has 2 fully saturated rings.